The summed E-state index contributed by atoms with van der Waals surface area (Å²) in [5.74, 6) is 0. The van der Waals surface area contributed by atoms with Crippen LogP contribution in [0, 0.1) is 6.92 Å². The Morgan fingerprint density at radius 2 is 2.09 bits per heavy atom. The lowest BCUT2D eigenvalue weighted by Gasteiger charge is -2.13. The zero-order chi connectivity index (χ0) is 8.43. The summed E-state index contributed by atoms with van der Waals surface area (Å²) in [6.45, 7) is 1.92. The summed E-state index contributed by atoms with van der Waals surface area (Å²) >= 11 is 0. The molecule has 0 radical (unpaired) electrons. The van der Waals surface area contributed by atoms with E-state index in [4.69, 9.17) is 0 Å². The molecule has 0 atom stereocenters. The van der Waals surface area contributed by atoms with Crippen molar-refractivity contribution in [1.82, 2.24) is 4.98 Å². The first-order chi connectivity index (χ1) is 5.11. The largest absolute Gasteiger partial charge is 0.376 e. The van der Waals surface area contributed by atoms with E-state index in [0.717, 1.165) is 11.3 Å². The molecule has 1 aromatic heterocycles. The number of aromatic nitrogens is 1. The first kappa shape index (κ1) is 7.85. The standard InChI is InChI=1S/C8H12N2O/c1-6-4-8(11)9-5-7(6)10(2)3/h4-5H,1-3H3,(H,9,11). The molecule has 0 aliphatic heterocycles. The molecule has 1 rings (SSSR count). The molecule has 0 aliphatic rings. The van der Waals surface area contributed by atoms with E-state index >= 15 is 0 Å². The molecule has 0 aliphatic carbocycles. The van der Waals surface area contributed by atoms with Crippen molar-refractivity contribution in [1.29, 1.82) is 0 Å². The predicted molar refractivity (Wildman–Crippen MR) is 46.1 cm³/mol. The fraction of sp³-hybridized carbons (Fsp3) is 0.375. The van der Waals surface area contributed by atoms with Crippen LogP contribution < -0.4 is 10.5 Å². The quantitative estimate of drug-likeness (QED) is 0.644. The highest BCUT2D eigenvalue weighted by Crippen LogP contribution is 2.12. The van der Waals surface area contributed by atoms with E-state index in [-0.39, 0.29) is 5.56 Å². The monoisotopic (exact) mass is 152 g/mol. The molecule has 1 N–H and O–H groups in total. The number of hydrogen-bond donors (Lipinski definition) is 1. The van der Waals surface area contributed by atoms with E-state index in [0.29, 0.717) is 0 Å². The third-order valence-electron chi connectivity index (χ3n) is 1.58. The Hall–Kier alpha value is -1.25. The van der Waals surface area contributed by atoms with Gasteiger partial charge in [0.1, 0.15) is 0 Å². The van der Waals surface area contributed by atoms with Crippen molar-refractivity contribution in [3.63, 3.8) is 0 Å². The molecule has 0 fully saturated rings. The van der Waals surface area contributed by atoms with E-state index in [9.17, 15) is 4.79 Å². The van der Waals surface area contributed by atoms with Crippen molar-refractivity contribution >= 4 is 5.69 Å². The van der Waals surface area contributed by atoms with Gasteiger partial charge in [-0.25, -0.2) is 0 Å². The highest BCUT2D eigenvalue weighted by Gasteiger charge is 1.98. The third kappa shape index (κ3) is 1.61. The number of aromatic amines is 1. The number of nitrogens with one attached hydrogen (secondary N) is 1. The maximum absolute atomic E-state index is 10.8. The fourth-order valence-electron chi connectivity index (χ4n) is 1.05. The second-order valence-corrected chi connectivity index (χ2v) is 2.76. The SMILES string of the molecule is Cc1cc(=O)[nH]cc1N(C)C. The number of nitrogens with zero attached hydrogens (tertiary/aromatic N) is 1. The first-order valence-corrected chi connectivity index (χ1v) is 3.48. The molecule has 0 saturated heterocycles. The number of H-pyrrole nitrogens is 1. The van der Waals surface area contributed by atoms with Crippen LogP contribution in [0.1, 0.15) is 5.56 Å². The Bertz CT molecular complexity index is 301. The van der Waals surface area contributed by atoms with E-state index < -0.39 is 0 Å². The smallest absolute Gasteiger partial charge is 0.248 e. The van der Waals surface area contributed by atoms with Gasteiger partial charge in [0.05, 0.1) is 5.69 Å². The van der Waals surface area contributed by atoms with Crippen LogP contribution in [0.25, 0.3) is 0 Å². The van der Waals surface area contributed by atoms with Crippen molar-refractivity contribution in [2.45, 2.75) is 6.92 Å². The highest BCUT2D eigenvalue weighted by molar-refractivity contribution is 5.49. The minimum atomic E-state index is -0.0481. The molecule has 11 heavy (non-hydrogen) atoms. The van der Waals surface area contributed by atoms with E-state index in [1.54, 1.807) is 12.3 Å². The van der Waals surface area contributed by atoms with Gasteiger partial charge in [-0.3, -0.25) is 4.79 Å². The van der Waals surface area contributed by atoms with Gasteiger partial charge in [0.15, 0.2) is 0 Å². The minimum absolute atomic E-state index is 0.0481. The molecule has 0 saturated carbocycles. The number of rotatable bonds is 1. The minimum Gasteiger partial charge on any atom is -0.376 e. The Kier molecular flexibility index (Phi) is 1.98. The molecule has 0 bridgehead atoms. The lowest BCUT2D eigenvalue weighted by Crippen LogP contribution is -2.14. The summed E-state index contributed by atoms with van der Waals surface area (Å²) in [5.41, 5.74) is 2.00. The van der Waals surface area contributed by atoms with Crippen LogP contribution in [0.5, 0.6) is 0 Å². The number of anilines is 1. The second kappa shape index (κ2) is 2.78. The van der Waals surface area contributed by atoms with Gasteiger partial charge < -0.3 is 9.88 Å². The topological polar surface area (TPSA) is 36.1 Å². The van der Waals surface area contributed by atoms with Crippen molar-refractivity contribution in [3.05, 3.63) is 28.2 Å². The lowest BCUT2D eigenvalue weighted by molar-refractivity contribution is 1.08. The predicted octanol–water partition coefficient (Wildman–Crippen LogP) is 0.749. The lowest BCUT2D eigenvalue weighted by atomic mass is 10.2. The molecule has 3 heteroatoms. The van der Waals surface area contributed by atoms with Crippen molar-refractivity contribution in [3.8, 4) is 0 Å². The molecule has 3 nitrogen and oxygen atoms in total. The highest BCUT2D eigenvalue weighted by atomic mass is 16.1. The van der Waals surface area contributed by atoms with Crippen LogP contribution in [0.15, 0.2) is 17.1 Å². The van der Waals surface area contributed by atoms with Gasteiger partial charge in [0.2, 0.25) is 5.56 Å². The molecule has 0 aromatic carbocycles. The van der Waals surface area contributed by atoms with Gasteiger partial charge >= 0.3 is 0 Å². The van der Waals surface area contributed by atoms with E-state index in [1.165, 1.54) is 0 Å². The van der Waals surface area contributed by atoms with Gasteiger partial charge in [-0.2, -0.15) is 0 Å². The van der Waals surface area contributed by atoms with Gasteiger partial charge in [-0.05, 0) is 12.5 Å². The molecular weight excluding hydrogens is 140 g/mol. The van der Waals surface area contributed by atoms with Crippen LogP contribution >= 0.6 is 0 Å². The maximum atomic E-state index is 10.8. The zero-order valence-electron chi connectivity index (χ0n) is 7.01. The molecule has 0 spiro atoms. The Morgan fingerprint density at radius 1 is 1.45 bits per heavy atom. The average molecular weight is 152 g/mol. The molecule has 1 aromatic rings. The molecular formula is C8H12N2O. The van der Waals surface area contributed by atoms with Crippen molar-refractivity contribution < 1.29 is 0 Å². The van der Waals surface area contributed by atoms with Gasteiger partial charge in [0.25, 0.3) is 0 Å². The number of aryl methyl sites for hydroxylation is 1. The Labute approximate surface area is 65.7 Å². The van der Waals surface area contributed by atoms with Gasteiger partial charge in [-0.15, -0.1) is 0 Å². The summed E-state index contributed by atoms with van der Waals surface area (Å²) in [6.07, 6.45) is 1.72. The second-order valence-electron chi connectivity index (χ2n) is 2.76. The van der Waals surface area contributed by atoms with Crippen LogP contribution in [0.4, 0.5) is 5.69 Å². The number of hydrogen-bond acceptors (Lipinski definition) is 2. The van der Waals surface area contributed by atoms with Gasteiger partial charge in [-0.1, -0.05) is 0 Å². The van der Waals surface area contributed by atoms with Crippen LogP contribution in [-0.4, -0.2) is 19.1 Å². The normalized spacial score (nSPS) is 9.73. The van der Waals surface area contributed by atoms with Crippen LogP contribution in [0.2, 0.25) is 0 Å². The summed E-state index contributed by atoms with van der Waals surface area (Å²) in [6, 6.07) is 1.59. The third-order valence-corrected chi connectivity index (χ3v) is 1.58. The summed E-state index contributed by atoms with van der Waals surface area (Å²) in [7, 11) is 3.89. The molecule has 0 unspecified atom stereocenters. The van der Waals surface area contributed by atoms with E-state index in [1.807, 2.05) is 25.9 Å². The Balaban J connectivity index is 3.20. The zero-order valence-corrected chi connectivity index (χ0v) is 7.01. The summed E-state index contributed by atoms with van der Waals surface area (Å²) < 4.78 is 0. The average Bonchev–Trinajstić information content (AvgIpc) is 1.85. The van der Waals surface area contributed by atoms with Crippen LogP contribution in [0.3, 0.4) is 0 Å². The number of pyridine rings is 1. The maximum Gasteiger partial charge on any atom is 0.248 e. The summed E-state index contributed by atoms with van der Waals surface area (Å²) in [5, 5.41) is 0. The molecule has 1 heterocycles. The molecule has 0 amide bonds. The van der Waals surface area contributed by atoms with E-state index in [2.05, 4.69) is 4.98 Å². The first-order valence-electron chi connectivity index (χ1n) is 3.48. The molecule has 60 valence electrons. The summed E-state index contributed by atoms with van der Waals surface area (Å²) in [4.78, 5) is 15.4. The fourth-order valence-corrected chi connectivity index (χ4v) is 1.05. The van der Waals surface area contributed by atoms with Crippen molar-refractivity contribution in [2.24, 2.45) is 0 Å². The Morgan fingerprint density at radius 3 is 2.55 bits per heavy atom. The van der Waals surface area contributed by atoms with Gasteiger partial charge in [0, 0.05) is 26.4 Å². The van der Waals surface area contributed by atoms with Crippen molar-refractivity contribution in [2.75, 3.05) is 19.0 Å². The van der Waals surface area contributed by atoms with Crippen LogP contribution in [-0.2, 0) is 0 Å².